The molecule has 2 aromatic heterocycles. The Hall–Kier alpha value is -2.39. The van der Waals surface area contributed by atoms with Crippen LogP contribution >= 0.6 is 0 Å². The van der Waals surface area contributed by atoms with E-state index in [4.69, 9.17) is 14.7 Å². The molecule has 1 aliphatic rings. The van der Waals surface area contributed by atoms with E-state index in [-0.39, 0.29) is 17.0 Å². The predicted octanol–water partition coefficient (Wildman–Crippen LogP) is 2.09. The summed E-state index contributed by atoms with van der Waals surface area (Å²) >= 11 is 0. The lowest BCUT2D eigenvalue weighted by atomic mass is 9.99. The minimum Gasteiger partial charge on any atom is -0.480 e. The van der Waals surface area contributed by atoms with E-state index in [9.17, 15) is 4.79 Å². The van der Waals surface area contributed by atoms with Gasteiger partial charge in [-0.2, -0.15) is 5.26 Å². The second-order valence-electron chi connectivity index (χ2n) is 5.78. The maximum absolute atomic E-state index is 12.6. The van der Waals surface area contributed by atoms with Gasteiger partial charge < -0.3 is 14.0 Å². The van der Waals surface area contributed by atoms with Gasteiger partial charge in [-0.3, -0.25) is 4.79 Å². The topological polar surface area (TPSA) is 77.1 Å². The molecular weight excluding hydrogens is 294 g/mol. The largest absolute Gasteiger partial charge is 0.480 e. The van der Waals surface area contributed by atoms with Crippen molar-refractivity contribution in [2.75, 3.05) is 20.3 Å². The first-order chi connectivity index (χ1) is 11.2. The molecule has 1 saturated heterocycles. The van der Waals surface area contributed by atoms with E-state index < -0.39 is 0 Å². The molecule has 0 amide bonds. The van der Waals surface area contributed by atoms with Crippen LogP contribution in [-0.4, -0.2) is 29.9 Å². The Bertz CT molecular complexity index is 801. The molecule has 0 radical (unpaired) electrons. The summed E-state index contributed by atoms with van der Waals surface area (Å²) in [6.45, 7) is 2.27. The Labute approximate surface area is 134 Å². The van der Waals surface area contributed by atoms with Crippen LogP contribution in [0.2, 0.25) is 0 Å². The van der Waals surface area contributed by atoms with E-state index in [1.165, 1.54) is 7.11 Å². The number of fused-ring (bicyclic) bond motifs is 1. The van der Waals surface area contributed by atoms with Crippen LogP contribution < -0.4 is 10.3 Å². The van der Waals surface area contributed by atoms with Gasteiger partial charge in [0.05, 0.1) is 18.0 Å². The number of aryl methyl sites for hydroxylation is 1. The number of hydrogen-bond acceptors (Lipinski definition) is 5. The van der Waals surface area contributed by atoms with E-state index in [0.29, 0.717) is 23.4 Å². The lowest BCUT2D eigenvalue weighted by Gasteiger charge is -2.22. The van der Waals surface area contributed by atoms with Gasteiger partial charge in [0.1, 0.15) is 11.6 Å². The molecule has 6 heteroatoms. The highest BCUT2D eigenvalue weighted by Gasteiger charge is 2.15. The number of aromatic nitrogens is 2. The highest BCUT2D eigenvalue weighted by Crippen LogP contribution is 2.20. The minimum atomic E-state index is -0.120. The first-order valence-corrected chi connectivity index (χ1v) is 7.79. The van der Waals surface area contributed by atoms with Crippen molar-refractivity contribution in [1.82, 2.24) is 9.55 Å². The summed E-state index contributed by atoms with van der Waals surface area (Å²) in [6.07, 6.45) is 4.92. The van der Waals surface area contributed by atoms with Gasteiger partial charge in [0.15, 0.2) is 0 Å². The van der Waals surface area contributed by atoms with E-state index >= 15 is 0 Å². The Morgan fingerprint density at radius 1 is 1.57 bits per heavy atom. The monoisotopic (exact) mass is 313 g/mol. The number of rotatable bonds is 4. The molecule has 3 rings (SSSR count). The Morgan fingerprint density at radius 3 is 3.13 bits per heavy atom. The van der Waals surface area contributed by atoms with Gasteiger partial charge in [-0.05, 0) is 37.3 Å². The van der Waals surface area contributed by atoms with Crippen LogP contribution in [0.15, 0.2) is 23.1 Å². The number of pyridine rings is 2. The number of ether oxygens (including phenoxy) is 2. The summed E-state index contributed by atoms with van der Waals surface area (Å²) in [5.41, 5.74) is 0.699. The molecule has 0 N–H and O–H groups in total. The second-order valence-corrected chi connectivity index (χ2v) is 5.78. The Balaban J connectivity index is 1.89. The van der Waals surface area contributed by atoms with Crippen LogP contribution in [-0.2, 0) is 11.3 Å². The maximum Gasteiger partial charge on any atom is 0.260 e. The molecule has 120 valence electrons. The van der Waals surface area contributed by atoms with Gasteiger partial charge >= 0.3 is 0 Å². The van der Waals surface area contributed by atoms with E-state index in [1.54, 1.807) is 22.9 Å². The molecule has 0 bridgehead atoms. The average molecular weight is 313 g/mol. The van der Waals surface area contributed by atoms with E-state index in [0.717, 1.165) is 32.5 Å². The van der Waals surface area contributed by atoms with Gasteiger partial charge in [0, 0.05) is 26.0 Å². The number of nitrogens with zero attached hydrogens (tertiary/aromatic N) is 3. The van der Waals surface area contributed by atoms with Crippen molar-refractivity contribution in [2.24, 2.45) is 5.92 Å². The molecular formula is C17H19N3O3. The van der Waals surface area contributed by atoms with Crippen LogP contribution in [0, 0.1) is 17.2 Å². The molecule has 3 heterocycles. The summed E-state index contributed by atoms with van der Waals surface area (Å²) in [5.74, 6) is 0.756. The molecule has 1 atom stereocenters. The summed E-state index contributed by atoms with van der Waals surface area (Å²) in [6, 6.07) is 5.37. The van der Waals surface area contributed by atoms with Gasteiger partial charge in [-0.25, -0.2) is 4.98 Å². The summed E-state index contributed by atoms with van der Waals surface area (Å²) in [7, 11) is 1.46. The van der Waals surface area contributed by atoms with E-state index in [1.807, 2.05) is 6.07 Å². The standard InChI is InChI=1S/C17H19N3O3/c1-22-16-13(10-18)9-14-15(19-16)5-7-20(17(14)21)6-4-12-3-2-8-23-11-12/h5,7,9,12H,2-4,6,8,11H2,1H3. The van der Waals surface area contributed by atoms with Crippen molar-refractivity contribution in [3.63, 3.8) is 0 Å². The SMILES string of the molecule is COc1nc2ccn(CCC3CCCOC3)c(=O)c2cc1C#N. The normalized spacial score (nSPS) is 17.8. The smallest absolute Gasteiger partial charge is 0.260 e. The second kappa shape index (κ2) is 6.80. The van der Waals surface area contributed by atoms with Crippen molar-refractivity contribution in [2.45, 2.75) is 25.8 Å². The van der Waals surface area contributed by atoms with Crippen LogP contribution in [0.4, 0.5) is 0 Å². The van der Waals surface area contributed by atoms with Crippen molar-refractivity contribution >= 4 is 10.9 Å². The fourth-order valence-electron chi connectivity index (χ4n) is 2.96. The first-order valence-electron chi connectivity index (χ1n) is 7.79. The third-order valence-electron chi connectivity index (χ3n) is 4.27. The van der Waals surface area contributed by atoms with Crippen molar-refractivity contribution in [3.8, 4) is 11.9 Å². The molecule has 1 fully saturated rings. The Kier molecular flexibility index (Phi) is 4.58. The summed E-state index contributed by atoms with van der Waals surface area (Å²) < 4.78 is 12.3. The zero-order valence-electron chi connectivity index (χ0n) is 13.1. The molecule has 2 aromatic rings. The van der Waals surface area contributed by atoms with Gasteiger partial charge in [0.25, 0.3) is 5.56 Å². The highest BCUT2D eigenvalue weighted by molar-refractivity contribution is 5.79. The molecule has 0 aromatic carbocycles. The van der Waals surface area contributed by atoms with Crippen molar-refractivity contribution in [1.29, 1.82) is 5.26 Å². The average Bonchev–Trinajstić information content (AvgIpc) is 2.61. The Morgan fingerprint density at radius 2 is 2.43 bits per heavy atom. The fourth-order valence-corrected chi connectivity index (χ4v) is 2.96. The van der Waals surface area contributed by atoms with Gasteiger partial charge in [-0.15, -0.1) is 0 Å². The summed E-state index contributed by atoms with van der Waals surface area (Å²) in [4.78, 5) is 16.8. The molecule has 23 heavy (non-hydrogen) atoms. The third-order valence-corrected chi connectivity index (χ3v) is 4.27. The van der Waals surface area contributed by atoms with Gasteiger partial charge in [-0.1, -0.05) is 0 Å². The maximum atomic E-state index is 12.6. The number of methoxy groups -OCH3 is 1. The molecule has 1 aliphatic heterocycles. The predicted molar refractivity (Wildman–Crippen MR) is 85.4 cm³/mol. The third kappa shape index (κ3) is 3.20. The fraction of sp³-hybridized carbons (Fsp3) is 0.471. The highest BCUT2D eigenvalue weighted by atomic mass is 16.5. The number of hydrogen-bond donors (Lipinski definition) is 0. The van der Waals surface area contributed by atoms with Crippen molar-refractivity contribution < 1.29 is 9.47 Å². The van der Waals surface area contributed by atoms with Crippen LogP contribution in [0.1, 0.15) is 24.8 Å². The van der Waals surface area contributed by atoms with Gasteiger partial charge in [0.2, 0.25) is 5.88 Å². The zero-order valence-corrected chi connectivity index (χ0v) is 13.1. The molecule has 6 nitrogen and oxygen atoms in total. The quantitative estimate of drug-likeness (QED) is 0.864. The van der Waals surface area contributed by atoms with Crippen LogP contribution in [0.25, 0.3) is 10.9 Å². The number of nitriles is 1. The molecule has 0 spiro atoms. The lowest BCUT2D eigenvalue weighted by Crippen LogP contribution is -2.24. The van der Waals surface area contributed by atoms with Crippen LogP contribution in [0.5, 0.6) is 5.88 Å². The zero-order chi connectivity index (χ0) is 16.2. The minimum absolute atomic E-state index is 0.120. The molecule has 0 saturated carbocycles. The molecule has 0 aliphatic carbocycles. The van der Waals surface area contributed by atoms with E-state index in [2.05, 4.69) is 4.98 Å². The summed E-state index contributed by atoms with van der Waals surface area (Å²) in [5, 5.41) is 9.60. The van der Waals surface area contributed by atoms with Crippen molar-refractivity contribution in [3.05, 3.63) is 34.2 Å². The van der Waals surface area contributed by atoms with Crippen LogP contribution in [0.3, 0.4) is 0 Å². The first kappa shape index (κ1) is 15.5. The lowest BCUT2D eigenvalue weighted by molar-refractivity contribution is 0.0500. The molecule has 1 unspecified atom stereocenters.